The minimum absolute atomic E-state index is 0.0353. The zero-order valence-corrected chi connectivity index (χ0v) is 22.1. The molecule has 2 aromatic heterocycles. The summed E-state index contributed by atoms with van der Waals surface area (Å²) in [6.45, 7) is 0.443. The number of Topliss-reactive ketones (excluding diaryl/α,β-unsaturated/α-hetero) is 1. The average molecular weight is 575 g/mol. The van der Waals surface area contributed by atoms with Crippen molar-refractivity contribution in [2.75, 3.05) is 18.5 Å². The van der Waals surface area contributed by atoms with Crippen molar-refractivity contribution in [1.29, 1.82) is 0 Å². The highest BCUT2D eigenvalue weighted by molar-refractivity contribution is 6.00. The Morgan fingerprint density at radius 2 is 1.83 bits per heavy atom. The van der Waals surface area contributed by atoms with Crippen LogP contribution in [0.15, 0.2) is 71.8 Å². The molecule has 0 bridgehead atoms. The van der Waals surface area contributed by atoms with Gasteiger partial charge in [-0.3, -0.25) is 29.1 Å². The molecule has 214 valence electrons. The number of aromatic nitrogens is 2. The van der Waals surface area contributed by atoms with Gasteiger partial charge in [-0.1, -0.05) is 18.2 Å². The second kappa shape index (κ2) is 11.0. The van der Waals surface area contributed by atoms with Crippen LogP contribution in [0.3, 0.4) is 0 Å². The van der Waals surface area contributed by atoms with Gasteiger partial charge in [0.05, 0.1) is 17.8 Å². The number of hydrogen-bond acceptors (Lipinski definition) is 8. The highest BCUT2D eigenvalue weighted by Gasteiger charge is 2.35. The van der Waals surface area contributed by atoms with Gasteiger partial charge >= 0.3 is 0 Å². The van der Waals surface area contributed by atoms with Crippen molar-refractivity contribution >= 4 is 11.7 Å². The maximum absolute atomic E-state index is 14.1. The van der Waals surface area contributed by atoms with Crippen molar-refractivity contribution < 1.29 is 33.0 Å². The largest absolute Gasteiger partial charge is 0.502 e. The van der Waals surface area contributed by atoms with E-state index in [0.29, 0.717) is 17.2 Å². The van der Waals surface area contributed by atoms with Crippen molar-refractivity contribution in [3.8, 4) is 17.2 Å². The summed E-state index contributed by atoms with van der Waals surface area (Å²) in [6, 6.07) is 13.7. The average Bonchev–Trinajstić information content (AvgIpc) is 3.45. The number of benzene rings is 2. The molecule has 2 aliphatic rings. The third kappa shape index (κ3) is 5.14. The minimum Gasteiger partial charge on any atom is -0.502 e. The Morgan fingerprint density at radius 3 is 2.62 bits per heavy atom. The van der Waals surface area contributed by atoms with Gasteiger partial charge in [0.15, 0.2) is 28.7 Å². The molecule has 0 saturated heterocycles. The van der Waals surface area contributed by atoms with Gasteiger partial charge in [-0.05, 0) is 47.9 Å². The number of carbonyl (C=O) groups excluding carboxylic acids is 2. The predicted molar refractivity (Wildman–Crippen MR) is 145 cm³/mol. The van der Waals surface area contributed by atoms with Crippen LogP contribution in [0.25, 0.3) is 0 Å². The predicted octanol–water partition coefficient (Wildman–Crippen LogP) is 3.52. The van der Waals surface area contributed by atoms with E-state index in [1.807, 2.05) is 0 Å². The van der Waals surface area contributed by atoms with Gasteiger partial charge < -0.3 is 19.5 Å². The van der Waals surface area contributed by atoms with Crippen molar-refractivity contribution in [2.24, 2.45) is 0 Å². The number of pyridine rings is 2. The molecule has 12 heteroatoms. The Hall–Kier alpha value is -5.26. The van der Waals surface area contributed by atoms with Gasteiger partial charge in [0.2, 0.25) is 12.2 Å². The number of ketones is 1. The lowest BCUT2D eigenvalue weighted by Gasteiger charge is -2.39. The molecule has 1 N–H and O–H groups in total. The SMILES string of the molecule is O=C(CCc1ccc(F)cc1F)c1cn2c(c(O)c1=O)C(=O)N(Cc1ccc3c(c1)OCO3)CN2Cc1ccccn1. The van der Waals surface area contributed by atoms with Crippen molar-refractivity contribution in [2.45, 2.75) is 25.9 Å². The topological polar surface area (TPSA) is 114 Å². The summed E-state index contributed by atoms with van der Waals surface area (Å²) in [4.78, 5) is 45.7. The van der Waals surface area contributed by atoms with Gasteiger partial charge in [0, 0.05) is 31.4 Å². The molecule has 0 radical (unpaired) electrons. The third-order valence-electron chi connectivity index (χ3n) is 7.11. The van der Waals surface area contributed by atoms with E-state index in [1.165, 1.54) is 21.8 Å². The lowest BCUT2D eigenvalue weighted by Crippen LogP contribution is -2.53. The number of halogens is 2. The lowest BCUT2D eigenvalue weighted by atomic mass is 10.0. The fraction of sp³-hybridized carbons (Fsp3) is 0.200. The number of hydrogen-bond donors (Lipinski definition) is 1. The van der Waals surface area contributed by atoms with Gasteiger partial charge in [-0.25, -0.2) is 8.78 Å². The van der Waals surface area contributed by atoms with E-state index in [4.69, 9.17) is 9.47 Å². The Balaban J connectivity index is 1.33. The number of ether oxygens (including phenoxy) is 2. The molecule has 2 aliphatic heterocycles. The molecule has 0 aliphatic carbocycles. The number of aryl methyl sites for hydroxylation is 1. The van der Waals surface area contributed by atoms with E-state index < -0.39 is 34.5 Å². The fourth-order valence-electron chi connectivity index (χ4n) is 4.98. The monoisotopic (exact) mass is 574 g/mol. The van der Waals surface area contributed by atoms with Crippen LogP contribution >= 0.6 is 0 Å². The summed E-state index contributed by atoms with van der Waals surface area (Å²) in [6.07, 6.45) is 2.47. The molecule has 0 spiro atoms. The van der Waals surface area contributed by atoms with Crippen LogP contribution in [0, 0.1) is 11.6 Å². The van der Waals surface area contributed by atoms with E-state index in [9.17, 15) is 28.3 Å². The second-order valence-electron chi connectivity index (χ2n) is 9.89. The lowest BCUT2D eigenvalue weighted by molar-refractivity contribution is 0.0669. The molecule has 0 unspecified atom stereocenters. The Kier molecular flexibility index (Phi) is 7.03. The molecule has 6 rings (SSSR count). The highest BCUT2D eigenvalue weighted by atomic mass is 19.1. The summed E-state index contributed by atoms with van der Waals surface area (Å²) in [7, 11) is 0. The van der Waals surface area contributed by atoms with Crippen LogP contribution < -0.4 is 19.9 Å². The smallest absolute Gasteiger partial charge is 0.278 e. The first kappa shape index (κ1) is 26.9. The number of carbonyl (C=O) groups is 2. The van der Waals surface area contributed by atoms with Crippen LogP contribution in [0.1, 0.15) is 44.1 Å². The minimum atomic E-state index is -1.01. The highest BCUT2D eigenvalue weighted by Crippen LogP contribution is 2.33. The molecular formula is C30H24F2N4O6. The maximum atomic E-state index is 14.1. The third-order valence-corrected chi connectivity index (χ3v) is 7.11. The van der Waals surface area contributed by atoms with Gasteiger partial charge in [0.1, 0.15) is 18.3 Å². The Morgan fingerprint density at radius 1 is 1.00 bits per heavy atom. The molecule has 10 nitrogen and oxygen atoms in total. The Bertz CT molecular complexity index is 1760. The van der Waals surface area contributed by atoms with Crippen molar-refractivity contribution in [3.63, 3.8) is 0 Å². The van der Waals surface area contributed by atoms with Crippen LogP contribution in [0.4, 0.5) is 8.78 Å². The van der Waals surface area contributed by atoms with Crippen molar-refractivity contribution in [3.05, 3.63) is 117 Å². The van der Waals surface area contributed by atoms with Crippen molar-refractivity contribution in [1.82, 2.24) is 14.6 Å². The standard InChI is InChI=1S/C30H24F2N4O6/c31-20-7-5-19(23(32)12-20)6-8-24(37)22-15-36-27(29(39)28(22)38)30(40)34(16-35(36)14-21-3-1-2-10-33-21)13-18-4-9-25-26(11-18)42-17-41-25/h1-5,7,9-12,15,39H,6,8,13-14,16-17H2. The summed E-state index contributed by atoms with van der Waals surface area (Å²) >= 11 is 0. The van der Waals surface area contributed by atoms with Gasteiger partial charge in [-0.2, -0.15) is 0 Å². The van der Waals surface area contributed by atoms with Gasteiger partial charge in [0.25, 0.3) is 5.91 Å². The molecule has 1 amide bonds. The molecule has 0 atom stereocenters. The number of rotatable bonds is 8. The number of amides is 1. The molecule has 0 fully saturated rings. The second-order valence-corrected chi connectivity index (χ2v) is 9.89. The van der Waals surface area contributed by atoms with Crippen LogP contribution in [-0.2, 0) is 19.5 Å². The van der Waals surface area contributed by atoms with E-state index >= 15 is 0 Å². The molecule has 0 saturated carbocycles. The number of fused-ring (bicyclic) bond motifs is 2. The quantitative estimate of drug-likeness (QED) is 0.318. The van der Waals surface area contributed by atoms with E-state index in [0.717, 1.165) is 17.7 Å². The summed E-state index contributed by atoms with van der Waals surface area (Å²) in [5.41, 5.74) is -0.190. The zero-order chi connectivity index (χ0) is 29.4. The zero-order valence-electron chi connectivity index (χ0n) is 22.1. The van der Waals surface area contributed by atoms with Crippen LogP contribution in [0.5, 0.6) is 17.2 Å². The fourth-order valence-corrected chi connectivity index (χ4v) is 4.98. The molecular weight excluding hydrogens is 550 g/mol. The van der Waals surface area contributed by atoms with E-state index in [1.54, 1.807) is 47.6 Å². The molecule has 42 heavy (non-hydrogen) atoms. The number of nitrogens with zero attached hydrogens (tertiary/aromatic N) is 4. The van der Waals surface area contributed by atoms with Gasteiger partial charge in [-0.15, -0.1) is 0 Å². The number of aromatic hydroxyl groups is 1. The normalized spacial score (nSPS) is 13.8. The van der Waals surface area contributed by atoms with E-state index in [2.05, 4.69) is 4.98 Å². The molecule has 4 aromatic rings. The summed E-state index contributed by atoms with van der Waals surface area (Å²) in [5.74, 6) is -2.57. The summed E-state index contributed by atoms with van der Waals surface area (Å²) in [5, 5.41) is 12.7. The first-order valence-electron chi connectivity index (χ1n) is 13.1. The first-order valence-corrected chi connectivity index (χ1v) is 13.1. The summed E-state index contributed by atoms with van der Waals surface area (Å²) < 4.78 is 39.5. The van der Waals surface area contributed by atoms with Crippen LogP contribution in [-0.4, -0.2) is 44.8 Å². The molecule has 4 heterocycles. The maximum Gasteiger partial charge on any atom is 0.278 e. The van der Waals surface area contributed by atoms with Crippen LogP contribution in [0.2, 0.25) is 0 Å². The van der Waals surface area contributed by atoms with E-state index in [-0.39, 0.29) is 56.2 Å². The first-order chi connectivity index (χ1) is 20.3. The molecule has 2 aromatic carbocycles. The Labute approximate surface area is 237 Å².